The Morgan fingerprint density at radius 1 is 1.38 bits per heavy atom. The SMILES string of the molecule is CC(C)C1Cc2nc(S(=O)(=O)O)ccc2CN1C(=O)OC(C)(C)C. The second kappa shape index (κ2) is 6.33. The van der Waals surface area contributed by atoms with Crippen molar-refractivity contribution in [2.24, 2.45) is 5.92 Å². The van der Waals surface area contributed by atoms with Crippen LogP contribution in [0, 0.1) is 5.92 Å². The maximum absolute atomic E-state index is 12.5. The van der Waals surface area contributed by atoms with Gasteiger partial charge in [-0.25, -0.2) is 9.78 Å². The van der Waals surface area contributed by atoms with Crippen molar-refractivity contribution >= 4 is 16.2 Å². The molecule has 0 radical (unpaired) electrons. The van der Waals surface area contributed by atoms with Crippen molar-refractivity contribution in [2.45, 2.75) is 64.3 Å². The molecule has 0 saturated heterocycles. The molecule has 1 aliphatic rings. The molecule has 0 aromatic carbocycles. The predicted octanol–water partition coefficient (Wildman–Crippen LogP) is 2.65. The van der Waals surface area contributed by atoms with Crippen molar-refractivity contribution in [2.75, 3.05) is 0 Å². The summed E-state index contributed by atoms with van der Waals surface area (Å²) in [4.78, 5) is 18.2. The minimum atomic E-state index is -4.34. The first kappa shape index (κ1) is 18.7. The lowest BCUT2D eigenvalue weighted by molar-refractivity contribution is 0.00611. The van der Waals surface area contributed by atoms with Crippen LogP contribution >= 0.6 is 0 Å². The zero-order chi connectivity index (χ0) is 18.3. The molecule has 24 heavy (non-hydrogen) atoms. The summed E-state index contributed by atoms with van der Waals surface area (Å²) in [6.45, 7) is 9.71. The van der Waals surface area contributed by atoms with Crippen LogP contribution in [0.25, 0.3) is 0 Å². The van der Waals surface area contributed by atoms with Crippen LogP contribution in [-0.2, 0) is 27.8 Å². The molecule has 2 rings (SSSR count). The molecular weight excluding hydrogens is 332 g/mol. The van der Waals surface area contributed by atoms with E-state index in [0.29, 0.717) is 18.7 Å². The molecule has 0 fully saturated rings. The quantitative estimate of drug-likeness (QED) is 0.818. The maximum atomic E-state index is 12.5. The first-order valence-electron chi connectivity index (χ1n) is 7.84. The van der Waals surface area contributed by atoms with Gasteiger partial charge in [-0.2, -0.15) is 8.42 Å². The summed E-state index contributed by atoms with van der Waals surface area (Å²) in [7, 11) is -4.34. The van der Waals surface area contributed by atoms with Crippen molar-refractivity contribution < 1.29 is 22.5 Å². The summed E-state index contributed by atoms with van der Waals surface area (Å²) in [5, 5.41) is -0.366. The highest BCUT2D eigenvalue weighted by Crippen LogP contribution is 2.28. The van der Waals surface area contributed by atoms with E-state index in [1.807, 2.05) is 34.6 Å². The minimum absolute atomic E-state index is 0.141. The van der Waals surface area contributed by atoms with E-state index >= 15 is 0 Å². The van der Waals surface area contributed by atoms with E-state index < -0.39 is 21.8 Å². The standard InChI is InChI=1S/C16H24N2O5S/c1-10(2)13-8-12-11(6-7-14(17-12)24(20,21)22)9-18(13)15(19)23-16(3,4)5/h6-7,10,13H,8-9H2,1-5H3,(H,20,21,22). The second-order valence-corrected chi connectivity index (χ2v) is 8.72. The molecule has 1 unspecified atom stereocenters. The molecule has 1 N–H and O–H groups in total. The summed E-state index contributed by atoms with van der Waals surface area (Å²) in [6.07, 6.45) is 0.0148. The summed E-state index contributed by atoms with van der Waals surface area (Å²) in [5.74, 6) is 0.141. The largest absolute Gasteiger partial charge is 0.444 e. The van der Waals surface area contributed by atoms with E-state index in [1.54, 1.807) is 11.0 Å². The number of ether oxygens (including phenoxy) is 1. The van der Waals surface area contributed by atoms with Crippen LogP contribution in [0.15, 0.2) is 17.2 Å². The molecule has 1 atom stereocenters. The van der Waals surface area contributed by atoms with Crippen LogP contribution < -0.4 is 0 Å². The van der Waals surface area contributed by atoms with E-state index in [9.17, 15) is 13.2 Å². The van der Waals surface area contributed by atoms with E-state index in [2.05, 4.69) is 4.98 Å². The van der Waals surface area contributed by atoms with Gasteiger partial charge in [0.15, 0.2) is 5.03 Å². The topological polar surface area (TPSA) is 96.8 Å². The van der Waals surface area contributed by atoms with Gasteiger partial charge in [-0.05, 0) is 38.3 Å². The van der Waals surface area contributed by atoms with Gasteiger partial charge in [0, 0.05) is 18.2 Å². The monoisotopic (exact) mass is 356 g/mol. The number of aromatic nitrogens is 1. The van der Waals surface area contributed by atoms with Gasteiger partial charge in [0.2, 0.25) is 0 Å². The number of rotatable bonds is 2. The van der Waals surface area contributed by atoms with Crippen LogP contribution in [-0.4, -0.2) is 40.6 Å². The zero-order valence-electron chi connectivity index (χ0n) is 14.6. The van der Waals surface area contributed by atoms with Crippen molar-refractivity contribution in [3.63, 3.8) is 0 Å². The number of carbonyl (C=O) groups is 1. The Hall–Kier alpha value is -1.67. The molecule has 134 valence electrons. The van der Waals surface area contributed by atoms with Gasteiger partial charge in [-0.3, -0.25) is 4.55 Å². The Bertz CT molecular complexity index is 737. The average Bonchev–Trinajstić information content (AvgIpc) is 2.42. The van der Waals surface area contributed by atoms with Crippen LogP contribution in [0.4, 0.5) is 4.79 Å². The molecule has 1 amide bonds. The highest BCUT2D eigenvalue weighted by Gasteiger charge is 2.35. The van der Waals surface area contributed by atoms with Crippen molar-refractivity contribution in [1.29, 1.82) is 0 Å². The van der Waals surface area contributed by atoms with Gasteiger partial charge in [0.05, 0.1) is 6.54 Å². The van der Waals surface area contributed by atoms with Crippen LogP contribution in [0.5, 0.6) is 0 Å². The molecule has 0 saturated carbocycles. The van der Waals surface area contributed by atoms with E-state index in [0.717, 1.165) is 5.56 Å². The first-order chi connectivity index (χ1) is 10.9. The molecular formula is C16H24N2O5S. The predicted molar refractivity (Wildman–Crippen MR) is 88.2 cm³/mol. The van der Waals surface area contributed by atoms with E-state index in [-0.39, 0.29) is 17.0 Å². The normalized spacial score (nSPS) is 18.5. The lowest BCUT2D eigenvalue weighted by Gasteiger charge is -2.39. The minimum Gasteiger partial charge on any atom is -0.444 e. The lowest BCUT2D eigenvalue weighted by Crippen LogP contribution is -2.49. The number of hydrogen-bond donors (Lipinski definition) is 1. The Labute approximate surface area is 142 Å². The maximum Gasteiger partial charge on any atom is 0.410 e. The second-order valence-electron chi connectivity index (χ2n) is 7.35. The van der Waals surface area contributed by atoms with Crippen molar-refractivity contribution in [3.05, 3.63) is 23.4 Å². The third-order valence-electron chi connectivity index (χ3n) is 3.85. The Kier molecular flexibility index (Phi) is 4.92. The van der Waals surface area contributed by atoms with Crippen LogP contribution in [0.1, 0.15) is 45.9 Å². The highest BCUT2D eigenvalue weighted by molar-refractivity contribution is 7.85. The number of pyridine rings is 1. The number of amides is 1. The van der Waals surface area contributed by atoms with Gasteiger partial charge in [0.25, 0.3) is 0 Å². The molecule has 1 aromatic rings. The summed E-state index contributed by atoms with van der Waals surface area (Å²) < 4.78 is 37.2. The smallest absolute Gasteiger partial charge is 0.410 e. The molecule has 2 heterocycles. The molecule has 1 aliphatic heterocycles. The lowest BCUT2D eigenvalue weighted by atomic mass is 9.91. The molecule has 0 aliphatic carbocycles. The van der Waals surface area contributed by atoms with Gasteiger partial charge in [-0.15, -0.1) is 0 Å². The third-order valence-corrected chi connectivity index (χ3v) is 4.60. The Morgan fingerprint density at radius 2 is 2.00 bits per heavy atom. The Morgan fingerprint density at radius 3 is 2.50 bits per heavy atom. The Balaban J connectivity index is 2.36. The van der Waals surface area contributed by atoms with Crippen molar-refractivity contribution in [3.8, 4) is 0 Å². The van der Waals surface area contributed by atoms with Gasteiger partial charge in [-0.1, -0.05) is 19.9 Å². The van der Waals surface area contributed by atoms with Gasteiger partial charge in [0.1, 0.15) is 5.60 Å². The number of carbonyl (C=O) groups excluding carboxylic acids is 1. The van der Waals surface area contributed by atoms with E-state index in [4.69, 9.17) is 9.29 Å². The molecule has 0 spiro atoms. The molecule has 0 bridgehead atoms. The van der Waals surface area contributed by atoms with Crippen LogP contribution in [0.3, 0.4) is 0 Å². The van der Waals surface area contributed by atoms with Gasteiger partial charge >= 0.3 is 16.2 Å². The third kappa shape index (κ3) is 4.24. The zero-order valence-corrected chi connectivity index (χ0v) is 15.4. The fraction of sp³-hybridized carbons (Fsp3) is 0.625. The molecule has 1 aromatic heterocycles. The summed E-state index contributed by atoms with van der Waals surface area (Å²) in [6, 6.07) is 2.67. The molecule has 8 heteroatoms. The highest BCUT2D eigenvalue weighted by atomic mass is 32.2. The number of fused-ring (bicyclic) bond motifs is 1. The van der Waals surface area contributed by atoms with Crippen LogP contribution in [0.2, 0.25) is 0 Å². The molecule has 7 nitrogen and oxygen atoms in total. The summed E-state index contributed by atoms with van der Waals surface area (Å²) >= 11 is 0. The average molecular weight is 356 g/mol. The fourth-order valence-electron chi connectivity index (χ4n) is 2.70. The summed E-state index contributed by atoms with van der Waals surface area (Å²) in [5.41, 5.74) is 0.750. The van der Waals surface area contributed by atoms with Gasteiger partial charge < -0.3 is 9.64 Å². The fourth-order valence-corrected chi connectivity index (χ4v) is 3.17. The first-order valence-corrected chi connectivity index (χ1v) is 9.28. The number of hydrogen-bond acceptors (Lipinski definition) is 5. The van der Waals surface area contributed by atoms with Crippen molar-refractivity contribution in [1.82, 2.24) is 9.88 Å². The van der Waals surface area contributed by atoms with E-state index in [1.165, 1.54) is 6.07 Å². The number of nitrogens with zero attached hydrogens (tertiary/aromatic N) is 2.